The number of ketones is 1. The van der Waals surface area contributed by atoms with E-state index >= 15 is 0 Å². The largest absolute Gasteiger partial charge is 0.376 e. The van der Waals surface area contributed by atoms with Gasteiger partial charge in [-0.3, -0.25) is 9.59 Å². The normalized spacial score (nSPS) is 10.1. The zero-order chi connectivity index (χ0) is 12.8. The van der Waals surface area contributed by atoms with Gasteiger partial charge in [-0.1, -0.05) is 12.1 Å². The Morgan fingerprint density at radius 3 is 2.47 bits per heavy atom. The summed E-state index contributed by atoms with van der Waals surface area (Å²) < 4.78 is 0. The molecular weight excluding hydrogens is 216 g/mol. The average Bonchev–Trinajstić information content (AvgIpc) is 2.25. The number of Topliss-reactive ketones (excluding diaryl/α,β-unsaturated/α-hetero) is 1. The molecule has 0 spiro atoms. The van der Waals surface area contributed by atoms with E-state index in [0.717, 1.165) is 0 Å². The maximum Gasteiger partial charge on any atom is 0.239 e. The number of benzene rings is 1. The van der Waals surface area contributed by atoms with Gasteiger partial charge in [-0.25, -0.2) is 0 Å². The highest BCUT2D eigenvalue weighted by Gasteiger charge is 2.07. The fourth-order valence-corrected chi connectivity index (χ4v) is 1.49. The van der Waals surface area contributed by atoms with Crippen LogP contribution in [0.2, 0.25) is 0 Å². The van der Waals surface area contributed by atoms with Gasteiger partial charge in [0.05, 0.1) is 6.54 Å². The molecule has 0 aromatic heterocycles. The zero-order valence-corrected chi connectivity index (χ0v) is 10.4. The lowest BCUT2D eigenvalue weighted by molar-refractivity contribution is -0.119. The van der Waals surface area contributed by atoms with Crippen molar-refractivity contribution in [3.63, 3.8) is 0 Å². The van der Waals surface area contributed by atoms with Crippen LogP contribution in [0, 0.1) is 0 Å². The van der Waals surface area contributed by atoms with E-state index in [0.29, 0.717) is 11.3 Å². The molecule has 0 saturated carbocycles. The number of hydrogen-bond donors (Lipinski definition) is 2. The fourth-order valence-electron chi connectivity index (χ4n) is 1.49. The van der Waals surface area contributed by atoms with Gasteiger partial charge >= 0.3 is 0 Å². The van der Waals surface area contributed by atoms with Crippen LogP contribution in [-0.2, 0) is 4.79 Å². The number of amides is 1. The van der Waals surface area contributed by atoms with Gasteiger partial charge in [-0.15, -0.1) is 0 Å². The Kier molecular flexibility index (Phi) is 4.69. The first-order valence-electron chi connectivity index (χ1n) is 5.64. The number of anilines is 1. The van der Waals surface area contributed by atoms with Gasteiger partial charge in [0.15, 0.2) is 5.78 Å². The summed E-state index contributed by atoms with van der Waals surface area (Å²) >= 11 is 0. The van der Waals surface area contributed by atoms with Crippen LogP contribution in [0.1, 0.15) is 31.1 Å². The maximum atomic E-state index is 11.4. The molecule has 92 valence electrons. The zero-order valence-electron chi connectivity index (χ0n) is 10.4. The summed E-state index contributed by atoms with van der Waals surface area (Å²) in [5.74, 6) is -0.101. The molecule has 0 bridgehead atoms. The smallest absolute Gasteiger partial charge is 0.239 e. The molecule has 0 aliphatic rings. The lowest BCUT2D eigenvalue weighted by Crippen LogP contribution is -2.35. The molecule has 4 heteroatoms. The second kappa shape index (κ2) is 6.03. The van der Waals surface area contributed by atoms with Crippen molar-refractivity contribution in [3.8, 4) is 0 Å². The quantitative estimate of drug-likeness (QED) is 0.764. The Bertz CT molecular complexity index is 414. The van der Waals surface area contributed by atoms with Crippen LogP contribution in [0.3, 0.4) is 0 Å². The van der Waals surface area contributed by atoms with Crippen LogP contribution < -0.4 is 10.6 Å². The van der Waals surface area contributed by atoms with Gasteiger partial charge in [-0.05, 0) is 32.9 Å². The molecule has 2 N–H and O–H groups in total. The van der Waals surface area contributed by atoms with Crippen molar-refractivity contribution in [2.24, 2.45) is 0 Å². The van der Waals surface area contributed by atoms with E-state index in [4.69, 9.17) is 0 Å². The fraction of sp³-hybridized carbons (Fsp3) is 0.385. The minimum Gasteiger partial charge on any atom is -0.376 e. The number of nitrogens with one attached hydrogen (secondary N) is 2. The Labute approximate surface area is 101 Å². The van der Waals surface area contributed by atoms with Crippen LogP contribution in [0.25, 0.3) is 0 Å². The third kappa shape index (κ3) is 4.26. The molecule has 1 aromatic carbocycles. The minimum absolute atomic E-state index is 0.0163. The Balaban J connectivity index is 2.63. The molecule has 0 heterocycles. The van der Waals surface area contributed by atoms with Crippen LogP contribution in [-0.4, -0.2) is 24.3 Å². The summed E-state index contributed by atoms with van der Waals surface area (Å²) in [4.78, 5) is 22.8. The summed E-state index contributed by atoms with van der Waals surface area (Å²) in [6, 6.07) is 7.28. The molecule has 0 fully saturated rings. The van der Waals surface area contributed by atoms with Crippen molar-refractivity contribution in [1.82, 2.24) is 5.32 Å². The number of carbonyl (C=O) groups is 2. The third-order valence-electron chi connectivity index (χ3n) is 2.20. The topological polar surface area (TPSA) is 58.2 Å². The van der Waals surface area contributed by atoms with Crippen LogP contribution in [0.5, 0.6) is 0 Å². The number of carbonyl (C=O) groups excluding carboxylic acids is 2. The number of rotatable bonds is 5. The van der Waals surface area contributed by atoms with Gasteiger partial charge in [0.1, 0.15) is 0 Å². The van der Waals surface area contributed by atoms with Crippen LogP contribution in [0.15, 0.2) is 24.3 Å². The molecule has 0 saturated heterocycles. The molecule has 1 rings (SSSR count). The van der Waals surface area contributed by atoms with Crippen molar-refractivity contribution >= 4 is 17.4 Å². The van der Waals surface area contributed by atoms with Crippen molar-refractivity contribution in [2.45, 2.75) is 26.8 Å². The van der Waals surface area contributed by atoms with E-state index in [1.54, 1.807) is 18.2 Å². The van der Waals surface area contributed by atoms with Gasteiger partial charge in [0.25, 0.3) is 0 Å². The molecule has 0 aliphatic carbocycles. The first-order valence-corrected chi connectivity index (χ1v) is 5.64. The first-order chi connectivity index (χ1) is 8.00. The molecule has 0 unspecified atom stereocenters. The summed E-state index contributed by atoms with van der Waals surface area (Å²) in [7, 11) is 0. The third-order valence-corrected chi connectivity index (χ3v) is 2.20. The van der Waals surface area contributed by atoms with E-state index in [2.05, 4.69) is 10.6 Å². The van der Waals surface area contributed by atoms with E-state index in [1.165, 1.54) is 6.92 Å². The summed E-state index contributed by atoms with van der Waals surface area (Å²) in [6.45, 7) is 5.49. The first kappa shape index (κ1) is 13.2. The van der Waals surface area contributed by atoms with Crippen LogP contribution in [0.4, 0.5) is 5.69 Å². The van der Waals surface area contributed by atoms with E-state index in [1.807, 2.05) is 19.9 Å². The second-order valence-electron chi connectivity index (χ2n) is 4.18. The summed E-state index contributed by atoms with van der Waals surface area (Å²) in [5, 5.41) is 5.74. The molecule has 0 radical (unpaired) electrons. The molecule has 1 amide bonds. The Hall–Kier alpha value is -1.84. The van der Waals surface area contributed by atoms with Gasteiger partial charge in [0.2, 0.25) is 5.91 Å². The Morgan fingerprint density at radius 2 is 1.88 bits per heavy atom. The summed E-state index contributed by atoms with van der Waals surface area (Å²) in [6.07, 6.45) is 0. The molecule has 0 aliphatic heterocycles. The summed E-state index contributed by atoms with van der Waals surface area (Å²) in [5.41, 5.74) is 1.30. The Morgan fingerprint density at radius 1 is 1.24 bits per heavy atom. The number of hydrogen-bond acceptors (Lipinski definition) is 3. The molecule has 17 heavy (non-hydrogen) atoms. The monoisotopic (exact) mass is 234 g/mol. The second-order valence-corrected chi connectivity index (χ2v) is 4.18. The van der Waals surface area contributed by atoms with E-state index in [9.17, 15) is 9.59 Å². The van der Waals surface area contributed by atoms with E-state index < -0.39 is 0 Å². The highest BCUT2D eigenvalue weighted by atomic mass is 16.2. The van der Waals surface area contributed by atoms with Crippen molar-refractivity contribution < 1.29 is 9.59 Å². The van der Waals surface area contributed by atoms with Crippen molar-refractivity contribution in [3.05, 3.63) is 29.8 Å². The van der Waals surface area contributed by atoms with E-state index in [-0.39, 0.29) is 24.3 Å². The predicted octanol–water partition coefficient (Wildman–Crippen LogP) is 1.83. The predicted molar refractivity (Wildman–Crippen MR) is 68.2 cm³/mol. The maximum absolute atomic E-state index is 11.4. The van der Waals surface area contributed by atoms with Crippen molar-refractivity contribution in [2.75, 3.05) is 11.9 Å². The molecular formula is C13H18N2O2. The molecule has 4 nitrogen and oxygen atoms in total. The lowest BCUT2D eigenvalue weighted by atomic mass is 10.1. The average molecular weight is 234 g/mol. The van der Waals surface area contributed by atoms with Crippen molar-refractivity contribution in [1.29, 1.82) is 0 Å². The molecule has 1 aromatic rings. The highest BCUT2D eigenvalue weighted by molar-refractivity contribution is 6.00. The molecule has 0 atom stereocenters. The van der Waals surface area contributed by atoms with Crippen LogP contribution >= 0.6 is 0 Å². The standard InChI is InChI=1S/C13H18N2O2/c1-9(2)15-13(17)8-14-12-7-5-4-6-11(12)10(3)16/h4-7,9,14H,8H2,1-3H3,(H,15,17). The van der Waals surface area contributed by atoms with Gasteiger partial charge < -0.3 is 10.6 Å². The van der Waals surface area contributed by atoms with Gasteiger partial charge in [0, 0.05) is 17.3 Å². The minimum atomic E-state index is -0.0849. The highest BCUT2D eigenvalue weighted by Crippen LogP contribution is 2.14. The van der Waals surface area contributed by atoms with Gasteiger partial charge in [-0.2, -0.15) is 0 Å². The SMILES string of the molecule is CC(=O)c1ccccc1NCC(=O)NC(C)C. The number of para-hydroxylation sites is 1. The lowest BCUT2D eigenvalue weighted by Gasteiger charge is -2.11.